The maximum atomic E-state index is 11.7. The normalized spacial score (nSPS) is 10.5. The maximum Gasteiger partial charge on any atom is 0.253 e. The summed E-state index contributed by atoms with van der Waals surface area (Å²) in [6, 6.07) is 3.73. The number of nitrogen functional groups attached to an aromatic ring is 1. The Morgan fingerprint density at radius 1 is 1.53 bits per heavy atom. The first-order chi connectivity index (χ1) is 7.13. The van der Waals surface area contributed by atoms with E-state index in [0.717, 1.165) is 11.1 Å². The predicted octanol–water partition coefficient (Wildman–Crippen LogP) is 0.813. The number of rotatable bonds is 1. The van der Waals surface area contributed by atoms with Crippen LogP contribution < -0.4 is 11.1 Å². The third-order valence-electron chi connectivity index (χ3n) is 2.34. The largest absolute Gasteiger partial charge is 0.369 e. The summed E-state index contributed by atoms with van der Waals surface area (Å²) in [6.45, 7) is 1.87. The lowest BCUT2D eigenvalue weighted by Gasteiger charge is -2.04. The van der Waals surface area contributed by atoms with Crippen LogP contribution in [0.2, 0.25) is 0 Å². The lowest BCUT2D eigenvalue weighted by Crippen LogP contribution is -2.19. The zero-order valence-corrected chi connectivity index (χ0v) is 8.59. The fourth-order valence-corrected chi connectivity index (χ4v) is 1.61. The van der Waals surface area contributed by atoms with Crippen LogP contribution in [0.4, 0.5) is 5.95 Å². The van der Waals surface area contributed by atoms with Gasteiger partial charge in [-0.15, -0.1) is 0 Å². The fraction of sp³-hybridized carbons (Fsp3) is 0.200. The smallest absolute Gasteiger partial charge is 0.253 e. The summed E-state index contributed by atoms with van der Waals surface area (Å²) >= 11 is 0. The number of amides is 1. The zero-order chi connectivity index (χ0) is 11.0. The van der Waals surface area contributed by atoms with Crippen LogP contribution in [0, 0.1) is 6.92 Å². The number of carbonyl (C=O) groups is 1. The van der Waals surface area contributed by atoms with E-state index < -0.39 is 0 Å². The average Bonchev–Trinajstić information content (AvgIpc) is 2.57. The molecule has 0 spiro atoms. The van der Waals surface area contributed by atoms with Crippen LogP contribution in [0.5, 0.6) is 0 Å². The van der Waals surface area contributed by atoms with Crippen LogP contribution in [0.15, 0.2) is 12.1 Å². The number of imidazole rings is 1. The van der Waals surface area contributed by atoms with Crippen molar-refractivity contribution in [3.8, 4) is 0 Å². The molecule has 0 saturated carbocycles. The first-order valence-electron chi connectivity index (χ1n) is 4.60. The van der Waals surface area contributed by atoms with E-state index in [2.05, 4.69) is 15.3 Å². The minimum absolute atomic E-state index is 0.149. The number of hydrogen-bond acceptors (Lipinski definition) is 3. The molecule has 1 aromatic heterocycles. The van der Waals surface area contributed by atoms with Gasteiger partial charge in [-0.05, 0) is 18.6 Å². The van der Waals surface area contributed by atoms with E-state index >= 15 is 0 Å². The molecule has 0 radical (unpaired) electrons. The van der Waals surface area contributed by atoms with E-state index in [-0.39, 0.29) is 5.91 Å². The van der Waals surface area contributed by atoms with Gasteiger partial charge in [0.05, 0.1) is 11.1 Å². The number of H-pyrrole nitrogens is 1. The van der Waals surface area contributed by atoms with Gasteiger partial charge >= 0.3 is 0 Å². The van der Waals surface area contributed by atoms with Gasteiger partial charge in [-0.1, -0.05) is 6.07 Å². The molecule has 1 amide bonds. The number of anilines is 1. The number of aryl methyl sites for hydroxylation is 1. The molecule has 0 aliphatic rings. The van der Waals surface area contributed by atoms with Crippen LogP contribution in [0.3, 0.4) is 0 Å². The third-order valence-corrected chi connectivity index (χ3v) is 2.34. The number of nitrogens with two attached hydrogens (primary N) is 1. The molecular formula is C10H12N4O. The van der Waals surface area contributed by atoms with Crippen LogP contribution in [0.1, 0.15) is 15.9 Å². The molecule has 2 aromatic rings. The molecule has 1 aromatic carbocycles. The zero-order valence-electron chi connectivity index (χ0n) is 8.59. The molecule has 15 heavy (non-hydrogen) atoms. The summed E-state index contributed by atoms with van der Waals surface area (Å²) in [5.74, 6) is 0.172. The van der Waals surface area contributed by atoms with E-state index in [9.17, 15) is 4.79 Å². The van der Waals surface area contributed by atoms with Crippen LogP contribution in [-0.2, 0) is 0 Å². The van der Waals surface area contributed by atoms with Gasteiger partial charge in [0.15, 0.2) is 5.95 Å². The quantitative estimate of drug-likeness (QED) is 0.642. The van der Waals surface area contributed by atoms with E-state index in [4.69, 9.17) is 5.73 Å². The molecule has 0 aliphatic heterocycles. The Morgan fingerprint density at radius 2 is 2.27 bits per heavy atom. The summed E-state index contributed by atoms with van der Waals surface area (Å²) < 4.78 is 0. The van der Waals surface area contributed by atoms with Crippen LogP contribution in [0.25, 0.3) is 11.0 Å². The molecule has 1 heterocycles. The molecule has 4 N–H and O–H groups in total. The highest BCUT2D eigenvalue weighted by molar-refractivity contribution is 6.06. The van der Waals surface area contributed by atoms with Crippen molar-refractivity contribution in [1.29, 1.82) is 0 Å². The first-order valence-corrected chi connectivity index (χ1v) is 4.60. The first kappa shape index (κ1) is 9.51. The number of hydrogen-bond donors (Lipinski definition) is 3. The molecule has 78 valence electrons. The fourth-order valence-electron chi connectivity index (χ4n) is 1.61. The van der Waals surface area contributed by atoms with Crippen molar-refractivity contribution in [2.24, 2.45) is 0 Å². The van der Waals surface area contributed by atoms with Gasteiger partial charge < -0.3 is 16.0 Å². The van der Waals surface area contributed by atoms with Crippen molar-refractivity contribution < 1.29 is 4.79 Å². The van der Waals surface area contributed by atoms with Crippen LogP contribution in [-0.4, -0.2) is 22.9 Å². The second-order valence-corrected chi connectivity index (χ2v) is 3.35. The molecular weight excluding hydrogens is 192 g/mol. The van der Waals surface area contributed by atoms with Gasteiger partial charge in [0.2, 0.25) is 0 Å². The Bertz CT molecular complexity index is 529. The van der Waals surface area contributed by atoms with Crippen molar-refractivity contribution in [2.45, 2.75) is 6.92 Å². The molecule has 5 heteroatoms. The Morgan fingerprint density at radius 3 is 2.93 bits per heavy atom. The standard InChI is InChI=1S/C10H12N4O/c1-5-3-4-6-8(14-10(11)13-6)7(5)9(15)12-2/h3-4H,1-2H3,(H,12,15)(H3,11,13,14). The summed E-state index contributed by atoms with van der Waals surface area (Å²) in [7, 11) is 1.59. The second kappa shape index (κ2) is 3.27. The molecule has 0 unspecified atom stereocenters. The summed E-state index contributed by atoms with van der Waals surface area (Å²) in [5.41, 5.74) is 8.40. The van der Waals surface area contributed by atoms with Crippen LogP contribution >= 0.6 is 0 Å². The number of benzene rings is 1. The number of aromatic nitrogens is 2. The molecule has 0 saturated heterocycles. The van der Waals surface area contributed by atoms with E-state index in [0.29, 0.717) is 17.0 Å². The summed E-state index contributed by atoms with van der Waals surface area (Å²) in [6.07, 6.45) is 0. The second-order valence-electron chi connectivity index (χ2n) is 3.35. The molecule has 0 atom stereocenters. The Labute approximate surface area is 86.7 Å². The van der Waals surface area contributed by atoms with Crippen molar-refractivity contribution in [3.63, 3.8) is 0 Å². The van der Waals surface area contributed by atoms with Crippen molar-refractivity contribution in [2.75, 3.05) is 12.8 Å². The summed E-state index contributed by atoms with van der Waals surface area (Å²) in [5, 5.41) is 2.59. The highest BCUT2D eigenvalue weighted by atomic mass is 16.1. The predicted molar refractivity (Wildman–Crippen MR) is 58.6 cm³/mol. The van der Waals surface area contributed by atoms with Gasteiger partial charge in [0.1, 0.15) is 5.52 Å². The molecule has 0 bridgehead atoms. The monoisotopic (exact) mass is 204 g/mol. The minimum atomic E-state index is -0.149. The van der Waals surface area contributed by atoms with E-state index in [1.807, 2.05) is 19.1 Å². The number of aromatic amines is 1. The minimum Gasteiger partial charge on any atom is -0.369 e. The number of nitrogens with one attached hydrogen (secondary N) is 2. The van der Waals surface area contributed by atoms with Gasteiger partial charge in [-0.25, -0.2) is 4.98 Å². The van der Waals surface area contributed by atoms with Gasteiger partial charge in [-0.2, -0.15) is 0 Å². The molecule has 2 rings (SSSR count). The lowest BCUT2D eigenvalue weighted by atomic mass is 10.1. The summed E-state index contributed by atoms with van der Waals surface area (Å²) in [4.78, 5) is 18.6. The van der Waals surface area contributed by atoms with Gasteiger partial charge in [0, 0.05) is 7.05 Å². The number of nitrogens with zero attached hydrogens (tertiary/aromatic N) is 1. The van der Waals surface area contributed by atoms with Gasteiger partial charge in [0.25, 0.3) is 5.91 Å². The van der Waals surface area contributed by atoms with Crippen molar-refractivity contribution in [1.82, 2.24) is 15.3 Å². The molecule has 0 aliphatic carbocycles. The lowest BCUT2D eigenvalue weighted by molar-refractivity contribution is 0.0964. The topological polar surface area (TPSA) is 83.8 Å². The molecule has 5 nitrogen and oxygen atoms in total. The van der Waals surface area contributed by atoms with E-state index in [1.165, 1.54) is 0 Å². The Balaban J connectivity index is 2.78. The van der Waals surface area contributed by atoms with E-state index in [1.54, 1.807) is 7.05 Å². The maximum absolute atomic E-state index is 11.7. The highest BCUT2D eigenvalue weighted by Gasteiger charge is 2.14. The van der Waals surface area contributed by atoms with Crippen molar-refractivity contribution >= 4 is 22.9 Å². The Kier molecular flexibility index (Phi) is 2.07. The van der Waals surface area contributed by atoms with Crippen molar-refractivity contribution in [3.05, 3.63) is 23.3 Å². The molecule has 0 fully saturated rings. The number of fused-ring (bicyclic) bond motifs is 1. The number of carbonyl (C=O) groups excluding carboxylic acids is 1. The van der Waals surface area contributed by atoms with Gasteiger partial charge in [-0.3, -0.25) is 4.79 Å². The average molecular weight is 204 g/mol. The third kappa shape index (κ3) is 1.41. The highest BCUT2D eigenvalue weighted by Crippen LogP contribution is 2.20. The SMILES string of the molecule is CNC(=O)c1c(C)ccc2[nH]c(N)nc12. The Hall–Kier alpha value is -2.04.